The molecule has 5 heteroatoms. The third kappa shape index (κ3) is 3.83. The van der Waals surface area contributed by atoms with Gasteiger partial charge in [-0.05, 0) is 42.4 Å². The first-order valence-electron chi connectivity index (χ1n) is 9.75. The van der Waals surface area contributed by atoms with Gasteiger partial charge in [0.2, 0.25) is 5.91 Å². The number of hydrogen-bond acceptors (Lipinski definition) is 3. The number of aromatic nitrogens is 2. The molecular formula is C21H28N4O. The number of carbonyl (C=O) groups excluding carboxylic acids is 1. The summed E-state index contributed by atoms with van der Waals surface area (Å²) in [7, 11) is 1.91. The average Bonchev–Trinajstić information content (AvgIpc) is 3.11. The number of piperazine rings is 1. The number of benzene rings is 1. The highest BCUT2D eigenvalue weighted by Crippen LogP contribution is 2.25. The van der Waals surface area contributed by atoms with Gasteiger partial charge in [-0.2, -0.15) is 5.10 Å². The van der Waals surface area contributed by atoms with Gasteiger partial charge in [0.25, 0.3) is 0 Å². The van der Waals surface area contributed by atoms with Gasteiger partial charge in [-0.15, -0.1) is 0 Å². The van der Waals surface area contributed by atoms with Gasteiger partial charge in [-0.1, -0.05) is 24.3 Å². The van der Waals surface area contributed by atoms with Gasteiger partial charge in [0, 0.05) is 51.9 Å². The largest absolute Gasteiger partial charge is 0.340 e. The van der Waals surface area contributed by atoms with Crippen molar-refractivity contribution in [2.75, 3.05) is 26.2 Å². The molecule has 0 spiro atoms. The van der Waals surface area contributed by atoms with Gasteiger partial charge in [0.05, 0.1) is 6.20 Å². The number of rotatable bonds is 4. The Morgan fingerprint density at radius 2 is 1.92 bits per heavy atom. The fraction of sp³-hybridized carbons (Fsp3) is 0.524. The SMILES string of the molecule is Cn1cc(CCC(=O)N2CCN([C@H]3CCc4ccccc4C3)CC2)cn1. The van der Waals surface area contributed by atoms with Gasteiger partial charge in [0.1, 0.15) is 0 Å². The molecule has 0 saturated carbocycles. The zero-order valence-electron chi connectivity index (χ0n) is 15.6. The lowest BCUT2D eigenvalue weighted by Crippen LogP contribution is -2.53. The molecule has 2 heterocycles. The lowest BCUT2D eigenvalue weighted by atomic mass is 9.87. The molecule has 2 aromatic rings. The van der Waals surface area contributed by atoms with Crippen LogP contribution < -0.4 is 0 Å². The Bertz CT molecular complexity index is 761. The van der Waals surface area contributed by atoms with E-state index in [-0.39, 0.29) is 5.91 Å². The summed E-state index contributed by atoms with van der Waals surface area (Å²) in [5.74, 6) is 0.280. The summed E-state index contributed by atoms with van der Waals surface area (Å²) < 4.78 is 1.79. The van der Waals surface area contributed by atoms with Crippen LogP contribution in [0.4, 0.5) is 0 Å². The van der Waals surface area contributed by atoms with E-state index in [0.29, 0.717) is 12.5 Å². The second-order valence-corrected chi connectivity index (χ2v) is 7.60. The number of aryl methyl sites for hydroxylation is 3. The number of nitrogens with zero attached hydrogens (tertiary/aromatic N) is 4. The van der Waals surface area contributed by atoms with E-state index in [9.17, 15) is 4.79 Å². The van der Waals surface area contributed by atoms with Crippen molar-refractivity contribution in [2.45, 2.75) is 38.1 Å². The smallest absolute Gasteiger partial charge is 0.222 e. The first-order chi connectivity index (χ1) is 12.7. The molecule has 5 nitrogen and oxygen atoms in total. The van der Waals surface area contributed by atoms with Crippen molar-refractivity contribution in [1.29, 1.82) is 0 Å². The lowest BCUT2D eigenvalue weighted by molar-refractivity contribution is -0.133. The van der Waals surface area contributed by atoms with Crippen molar-refractivity contribution in [3.8, 4) is 0 Å². The molecule has 4 rings (SSSR count). The predicted octanol–water partition coefficient (Wildman–Crippen LogP) is 2.05. The molecule has 1 atom stereocenters. The lowest BCUT2D eigenvalue weighted by Gasteiger charge is -2.41. The van der Waals surface area contributed by atoms with Gasteiger partial charge in [-0.25, -0.2) is 0 Å². The summed E-state index contributed by atoms with van der Waals surface area (Å²) in [6.07, 6.45) is 8.80. The van der Waals surface area contributed by atoms with Crippen LogP contribution in [0.5, 0.6) is 0 Å². The van der Waals surface area contributed by atoms with Crippen molar-refractivity contribution < 1.29 is 4.79 Å². The Kier molecular flexibility index (Phi) is 5.07. The quantitative estimate of drug-likeness (QED) is 0.846. The van der Waals surface area contributed by atoms with E-state index in [4.69, 9.17) is 0 Å². The van der Waals surface area contributed by atoms with Crippen molar-refractivity contribution in [2.24, 2.45) is 7.05 Å². The van der Waals surface area contributed by atoms with Crippen LogP contribution >= 0.6 is 0 Å². The van der Waals surface area contributed by atoms with Crippen LogP contribution in [0.25, 0.3) is 0 Å². The summed E-state index contributed by atoms with van der Waals surface area (Å²) in [5, 5.41) is 4.17. The molecule has 2 aliphatic rings. The minimum absolute atomic E-state index is 0.280. The van der Waals surface area contributed by atoms with Crippen LogP contribution in [0.2, 0.25) is 0 Å². The first-order valence-corrected chi connectivity index (χ1v) is 9.75. The van der Waals surface area contributed by atoms with E-state index in [2.05, 4.69) is 34.3 Å². The Balaban J connectivity index is 1.26. The zero-order valence-corrected chi connectivity index (χ0v) is 15.6. The monoisotopic (exact) mass is 352 g/mol. The number of hydrogen-bond donors (Lipinski definition) is 0. The van der Waals surface area contributed by atoms with Crippen molar-refractivity contribution in [3.05, 3.63) is 53.3 Å². The number of fused-ring (bicyclic) bond motifs is 1. The topological polar surface area (TPSA) is 41.4 Å². The van der Waals surface area contributed by atoms with E-state index in [1.54, 1.807) is 4.68 Å². The third-order valence-electron chi connectivity index (χ3n) is 5.89. The van der Waals surface area contributed by atoms with Gasteiger partial charge >= 0.3 is 0 Å². The minimum Gasteiger partial charge on any atom is -0.340 e. The Morgan fingerprint density at radius 1 is 1.15 bits per heavy atom. The van der Waals surface area contributed by atoms with Crippen LogP contribution in [0.15, 0.2) is 36.7 Å². The fourth-order valence-corrected chi connectivity index (χ4v) is 4.34. The van der Waals surface area contributed by atoms with E-state index in [1.807, 2.05) is 24.3 Å². The summed E-state index contributed by atoms with van der Waals surface area (Å²) >= 11 is 0. The van der Waals surface area contributed by atoms with Crippen molar-refractivity contribution in [3.63, 3.8) is 0 Å². The number of amides is 1. The molecule has 1 aromatic carbocycles. The summed E-state index contributed by atoms with van der Waals surface area (Å²) in [6.45, 7) is 3.74. The zero-order chi connectivity index (χ0) is 17.9. The molecule has 26 heavy (non-hydrogen) atoms. The first kappa shape index (κ1) is 17.3. The molecule has 1 aromatic heterocycles. The van der Waals surface area contributed by atoms with Crippen molar-refractivity contribution in [1.82, 2.24) is 19.6 Å². The van der Waals surface area contributed by atoms with Crippen LogP contribution in [-0.2, 0) is 31.1 Å². The maximum absolute atomic E-state index is 12.5. The maximum atomic E-state index is 12.5. The van der Waals surface area contributed by atoms with Gasteiger partial charge < -0.3 is 4.90 Å². The second-order valence-electron chi connectivity index (χ2n) is 7.60. The van der Waals surface area contributed by atoms with E-state index < -0.39 is 0 Å². The van der Waals surface area contributed by atoms with Gasteiger partial charge in [0.15, 0.2) is 0 Å². The van der Waals surface area contributed by atoms with Crippen LogP contribution in [-0.4, -0.2) is 57.7 Å². The molecule has 1 saturated heterocycles. The Morgan fingerprint density at radius 3 is 2.65 bits per heavy atom. The van der Waals surface area contributed by atoms with Crippen molar-refractivity contribution >= 4 is 5.91 Å². The van der Waals surface area contributed by atoms with E-state index >= 15 is 0 Å². The highest BCUT2D eigenvalue weighted by molar-refractivity contribution is 5.76. The summed E-state index contributed by atoms with van der Waals surface area (Å²) in [4.78, 5) is 17.1. The molecule has 1 fully saturated rings. The summed E-state index contributed by atoms with van der Waals surface area (Å²) in [6, 6.07) is 9.48. The normalized spacial score (nSPS) is 20.8. The number of carbonyl (C=O) groups is 1. The highest BCUT2D eigenvalue weighted by atomic mass is 16.2. The van der Waals surface area contributed by atoms with E-state index in [1.165, 1.54) is 24.0 Å². The minimum atomic E-state index is 0.280. The fourth-order valence-electron chi connectivity index (χ4n) is 4.34. The maximum Gasteiger partial charge on any atom is 0.222 e. The molecule has 1 aliphatic heterocycles. The average molecular weight is 352 g/mol. The van der Waals surface area contributed by atoms with Gasteiger partial charge in [-0.3, -0.25) is 14.4 Å². The second kappa shape index (κ2) is 7.62. The molecule has 1 amide bonds. The predicted molar refractivity (Wildman–Crippen MR) is 102 cm³/mol. The molecule has 0 radical (unpaired) electrons. The summed E-state index contributed by atoms with van der Waals surface area (Å²) in [5.41, 5.74) is 4.17. The van der Waals surface area contributed by atoms with Crippen LogP contribution in [0, 0.1) is 0 Å². The standard InChI is InChI=1S/C21H28N4O/c1-23-16-17(15-22-23)6-9-21(26)25-12-10-24(11-13-25)20-8-7-18-4-2-3-5-19(18)14-20/h2-5,15-16,20H,6-14H2,1H3/t20-/m0/s1. The van der Waals surface area contributed by atoms with Crippen LogP contribution in [0.1, 0.15) is 29.5 Å². The molecular weight excluding hydrogens is 324 g/mol. The molecule has 0 bridgehead atoms. The highest BCUT2D eigenvalue weighted by Gasteiger charge is 2.28. The molecule has 1 aliphatic carbocycles. The molecule has 0 unspecified atom stereocenters. The third-order valence-corrected chi connectivity index (χ3v) is 5.89. The van der Waals surface area contributed by atoms with Crippen LogP contribution in [0.3, 0.4) is 0 Å². The Labute approximate surface area is 155 Å². The van der Waals surface area contributed by atoms with E-state index in [0.717, 1.165) is 44.6 Å². The Hall–Kier alpha value is -2.14. The molecule has 138 valence electrons. The molecule has 0 N–H and O–H groups in total.